The molecule has 1 aromatic carbocycles. The van der Waals surface area contributed by atoms with Gasteiger partial charge in [-0.05, 0) is 12.0 Å². The maximum Gasteiger partial charge on any atom is 0.240 e. The molecule has 2 atom stereocenters. The number of nitrogens with two attached hydrogens (primary N) is 1. The summed E-state index contributed by atoms with van der Waals surface area (Å²) in [6.07, 6.45) is 0.567. The number of hydrogen-bond acceptors (Lipinski definition) is 3. The Balaban J connectivity index is 2.18. The van der Waals surface area contributed by atoms with Crippen LogP contribution < -0.4 is 11.3 Å². The Morgan fingerprint density at radius 2 is 2.13 bits per heavy atom. The van der Waals surface area contributed by atoms with Gasteiger partial charge >= 0.3 is 0 Å². The molecule has 1 fully saturated rings. The monoisotopic (exact) mass is 206 g/mol. The Morgan fingerprint density at radius 1 is 1.40 bits per heavy atom. The highest BCUT2D eigenvalue weighted by Crippen LogP contribution is 2.34. The van der Waals surface area contributed by atoms with Crippen LogP contribution in [0.3, 0.4) is 0 Å². The molecule has 2 rings (SSSR count). The minimum absolute atomic E-state index is 0.152. The summed E-state index contributed by atoms with van der Waals surface area (Å²) in [5, 5.41) is 0. The van der Waals surface area contributed by atoms with E-state index in [1.54, 1.807) is 0 Å². The zero-order chi connectivity index (χ0) is 10.7. The molecule has 0 unspecified atom stereocenters. The van der Waals surface area contributed by atoms with Crippen LogP contribution >= 0.6 is 0 Å². The van der Waals surface area contributed by atoms with Crippen LogP contribution in [0.15, 0.2) is 30.3 Å². The first kappa shape index (κ1) is 10.1. The second kappa shape index (κ2) is 4.42. The average molecular weight is 206 g/mol. The molecular formula is C11H14N2O2. The summed E-state index contributed by atoms with van der Waals surface area (Å²) in [6.45, 7) is 0.609. The Hall–Kier alpha value is -1.39. The fourth-order valence-electron chi connectivity index (χ4n) is 1.94. The third-order valence-electron chi connectivity index (χ3n) is 2.70. The van der Waals surface area contributed by atoms with E-state index in [1.165, 1.54) is 0 Å². The molecule has 4 heteroatoms. The number of amides is 1. The molecule has 0 radical (unpaired) electrons. The topological polar surface area (TPSA) is 64.3 Å². The lowest BCUT2D eigenvalue weighted by molar-refractivity contribution is -0.126. The van der Waals surface area contributed by atoms with Crippen LogP contribution in [-0.2, 0) is 9.53 Å². The normalized spacial score (nSPS) is 25.1. The SMILES string of the molecule is NNC(=O)[C@H]1CCO[C@H]1c1ccccc1. The summed E-state index contributed by atoms with van der Waals surface area (Å²) in [5.41, 5.74) is 3.22. The van der Waals surface area contributed by atoms with E-state index in [0.29, 0.717) is 6.61 Å². The summed E-state index contributed by atoms with van der Waals surface area (Å²) in [4.78, 5) is 11.5. The van der Waals surface area contributed by atoms with E-state index in [9.17, 15) is 4.79 Å². The number of ether oxygens (including phenoxy) is 1. The van der Waals surface area contributed by atoms with Crippen molar-refractivity contribution in [2.75, 3.05) is 6.61 Å². The number of hydrazine groups is 1. The second-order valence-electron chi connectivity index (χ2n) is 3.61. The van der Waals surface area contributed by atoms with Gasteiger partial charge in [0.05, 0.1) is 12.0 Å². The van der Waals surface area contributed by atoms with Gasteiger partial charge in [-0.2, -0.15) is 0 Å². The molecule has 0 saturated carbocycles. The summed E-state index contributed by atoms with van der Waals surface area (Å²) in [5.74, 6) is 4.82. The van der Waals surface area contributed by atoms with Gasteiger partial charge in [0, 0.05) is 6.61 Å². The lowest BCUT2D eigenvalue weighted by Gasteiger charge is -2.16. The smallest absolute Gasteiger partial charge is 0.240 e. The standard InChI is InChI=1S/C11H14N2O2/c12-13-11(14)9-6-7-15-10(9)8-4-2-1-3-5-8/h1-5,9-10H,6-7,12H2,(H,13,14)/t9-,10-/m0/s1. The van der Waals surface area contributed by atoms with Gasteiger partial charge in [0.1, 0.15) is 0 Å². The molecule has 3 N–H and O–H groups in total. The molecule has 1 aliphatic rings. The quantitative estimate of drug-likeness (QED) is 0.426. The number of carbonyl (C=O) groups is 1. The second-order valence-corrected chi connectivity index (χ2v) is 3.61. The zero-order valence-electron chi connectivity index (χ0n) is 8.35. The highest BCUT2D eigenvalue weighted by Gasteiger charge is 2.34. The average Bonchev–Trinajstić information content (AvgIpc) is 2.78. The molecule has 1 amide bonds. The summed E-state index contributed by atoms with van der Waals surface area (Å²) < 4.78 is 5.56. The Morgan fingerprint density at radius 3 is 2.80 bits per heavy atom. The largest absolute Gasteiger partial charge is 0.373 e. The van der Waals surface area contributed by atoms with Gasteiger partial charge in [0.15, 0.2) is 0 Å². The van der Waals surface area contributed by atoms with Crippen molar-refractivity contribution in [3.8, 4) is 0 Å². The maximum absolute atomic E-state index is 11.5. The minimum Gasteiger partial charge on any atom is -0.373 e. The maximum atomic E-state index is 11.5. The number of hydrogen-bond donors (Lipinski definition) is 2. The number of nitrogens with one attached hydrogen (secondary N) is 1. The first-order valence-electron chi connectivity index (χ1n) is 5.00. The predicted molar refractivity (Wildman–Crippen MR) is 55.6 cm³/mol. The summed E-state index contributed by atoms with van der Waals surface area (Å²) in [7, 11) is 0. The first-order chi connectivity index (χ1) is 7.33. The van der Waals surface area contributed by atoms with Crippen LogP contribution in [0.5, 0.6) is 0 Å². The third-order valence-corrected chi connectivity index (χ3v) is 2.70. The third kappa shape index (κ3) is 2.00. The Labute approximate surface area is 88.4 Å². The Bertz CT molecular complexity index is 340. The van der Waals surface area contributed by atoms with E-state index in [4.69, 9.17) is 10.6 Å². The van der Waals surface area contributed by atoms with Gasteiger partial charge < -0.3 is 4.74 Å². The molecule has 80 valence electrons. The van der Waals surface area contributed by atoms with Gasteiger partial charge in [-0.3, -0.25) is 10.2 Å². The van der Waals surface area contributed by atoms with Crippen LogP contribution in [0.25, 0.3) is 0 Å². The van der Waals surface area contributed by atoms with Crippen molar-refractivity contribution in [2.24, 2.45) is 11.8 Å². The molecule has 15 heavy (non-hydrogen) atoms. The molecule has 1 saturated heterocycles. The molecular weight excluding hydrogens is 192 g/mol. The van der Waals surface area contributed by atoms with Gasteiger partial charge in [-0.15, -0.1) is 0 Å². The van der Waals surface area contributed by atoms with E-state index >= 15 is 0 Å². The van der Waals surface area contributed by atoms with Crippen molar-refractivity contribution in [2.45, 2.75) is 12.5 Å². The molecule has 1 aromatic rings. The molecule has 1 heterocycles. The van der Waals surface area contributed by atoms with Gasteiger partial charge in [-0.25, -0.2) is 5.84 Å². The van der Waals surface area contributed by atoms with Crippen molar-refractivity contribution >= 4 is 5.91 Å². The summed E-state index contributed by atoms with van der Waals surface area (Å²) >= 11 is 0. The van der Waals surface area contributed by atoms with E-state index in [1.807, 2.05) is 30.3 Å². The summed E-state index contributed by atoms with van der Waals surface area (Å²) in [6, 6.07) is 9.75. The van der Waals surface area contributed by atoms with E-state index in [-0.39, 0.29) is 17.9 Å². The van der Waals surface area contributed by atoms with Crippen LogP contribution in [0.4, 0.5) is 0 Å². The van der Waals surface area contributed by atoms with Crippen molar-refractivity contribution in [1.29, 1.82) is 0 Å². The van der Waals surface area contributed by atoms with Crippen LogP contribution in [-0.4, -0.2) is 12.5 Å². The number of carbonyl (C=O) groups excluding carboxylic acids is 1. The van der Waals surface area contributed by atoms with E-state index < -0.39 is 0 Å². The van der Waals surface area contributed by atoms with Gasteiger partial charge in [0.25, 0.3) is 0 Å². The first-order valence-corrected chi connectivity index (χ1v) is 5.00. The zero-order valence-corrected chi connectivity index (χ0v) is 8.35. The van der Waals surface area contributed by atoms with Crippen molar-refractivity contribution in [1.82, 2.24) is 5.43 Å². The van der Waals surface area contributed by atoms with Crippen LogP contribution in [0.1, 0.15) is 18.1 Å². The van der Waals surface area contributed by atoms with E-state index in [2.05, 4.69) is 5.43 Å². The van der Waals surface area contributed by atoms with Crippen molar-refractivity contribution in [3.05, 3.63) is 35.9 Å². The lowest BCUT2D eigenvalue weighted by atomic mass is 9.95. The van der Waals surface area contributed by atoms with Gasteiger partial charge in [-0.1, -0.05) is 30.3 Å². The number of benzene rings is 1. The highest BCUT2D eigenvalue weighted by molar-refractivity contribution is 5.79. The van der Waals surface area contributed by atoms with Crippen molar-refractivity contribution < 1.29 is 9.53 Å². The van der Waals surface area contributed by atoms with Crippen molar-refractivity contribution in [3.63, 3.8) is 0 Å². The lowest BCUT2D eigenvalue weighted by Crippen LogP contribution is -2.37. The molecule has 1 aliphatic heterocycles. The number of rotatable bonds is 2. The van der Waals surface area contributed by atoms with Crippen LogP contribution in [0, 0.1) is 5.92 Å². The Kier molecular flexibility index (Phi) is 2.99. The molecule has 4 nitrogen and oxygen atoms in total. The molecule has 0 bridgehead atoms. The fraction of sp³-hybridized carbons (Fsp3) is 0.364. The fourth-order valence-corrected chi connectivity index (χ4v) is 1.94. The highest BCUT2D eigenvalue weighted by atomic mass is 16.5. The molecule has 0 spiro atoms. The minimum atomic E-state index is -0.169. The van der Waals surface area contributed by atoms with E-state index in [0.717, 1.165) is 12.0 Å². The van der Waals surface area contributed by atoms with Crippen LogP contribution in [0.2, 0.25) is 0 Å². The predicted octanol–water partition coefficient (Wildman–Crippen LogP) is 0.754. The molecule has 0 aliphatic carbocycles. The van der Waals surface area contributed by atoms with Gasteiger partial charge in [0.2, 0.25) is 5.91 Å². The molecule has 0 aromatic heterocycles.